The van der Waals surface area contributed by atoms with Crippen LogP contribution >= 0.6 is 0 Å². The molecule has 1 fully saturated rings. The van der Waals surface area contributed by atoms with Gasteiger partial charge in [0.25, 0.3) is 0 Å². The van der Waals surface area contributed by atoms with Crippen LogP contribution in [-0.2, 0) is 4.79 Å². The van der Waals surface area contributed by atoms with Crippen molar-refractivity contribution in [2.75, 3.05) is 39.3 Å². The van der Waals surface area contributed by atoms with Gasteiger partial charge in [-0.15, -0.1) is 0 Å². The van der Waals surface area contributed by atoms with Crippen LogP contribution in [0.25, 0.3) is 0 Å². The Labute approximate surface area is 128 Å². The van der Waals surface area contributed by atoms with Crippen molar-refractivity contribution in [3.8, 4) is 0 Å². The van der Waals surface area contributed by atoms with Gasteiger partial charge in [0.05, 0.1) is 6.04 Å². The van der Waals surface area contributed by atoms with Crippen LogP contribution in [0.2, 0.25) is 0 Å². The fourth-order valence-electron chi connectivity index (χ4n) is 2.73. The van der Waals surface area contributed by atoms with Crippen LogP contribution in [0.5, 0.6) is 0 Å². The van der Waals surface area contributed by atoms with E-state index < -0.39 is 0 Å². The molecule has 0 spiro atoms. The minimum Gasteiger partial charge on any atom is -0.350 e. The molecular formula is C17H27N3O. The van der Waals surface area contributed by atoms with E-state index in [9.17, 15) is 4.79 Å². The molecule has 1 aliphatic rings. The Morgan fingerprint density at radius 2 is 1.76 bits per heavy atom. The number of hydrogen-bond donors (Lipinski definition) is 1. The second-order valence-electron chi connectivity index (χ2n) is 5.73. The van der Waals surface area contributed by atoms with E-state index in [4.69, 9.17) is 0 Å². The van der Waals surface area contributed by atoms with Crippen LogP contribution < -0.4 is 5.32 Å². The van der Waals surface area contributed by atoms with Gasteiger partial charge in [-0.25, -0.2) is 0 Å². The number of likely N-dealkylation sites (N-methyl/N-ethyl adjacent to an activating group) is 1. The molecule has 1 atom stereocenters. The normalized spacial score (nSPS) is 18.4. The van der Waals surface area contributed by atoms with Gasteiger partial charge in [0.1, 0.15) is 0 Å². The minimum atomic E-state index is 0.0793. The zero-order chi connectivity index (χ0) is 15.1. The summed E-state index contributed by atoms with van der Waals surface area (Å²) in [6, 6.07) is 10.2. The second-order valence-corrected chi connectivity index (χ2v) is 5.73. The number of amides is 1. The quantitative estimate of drug-likeness (QED) is 0.869. The maximum absolute atomic E-state index is 12.0. The van der Waals surface area contributed by atoms with Gasteiger partial charge in [0, 0.05) is 39.1 Å². The number of carbonyl (C=O) groups excluding carboxylic acids is 1. The van der Waals surface area contributed by atoms with Gasteiger partial charge >= 0.3 is 0 Å². The lowest BCUT2D eigenvalue weighted by atomic mass is 10.1. The van der Waals surface area contributed by atoms with Crippen LogP contribution in [0, 0.1) is 0 Å². The fourth-order valence-corrected chi connectivity index (χ4v) is 2.73. The van der Waals surface area contributed by atoms with Crippen LogP contribution in [-0.4, -0.2) is 55.0 Å². The number of piperazine rings is 1. The first-order valence-electron chi connectivity index (χ1n) is 7.98. The highest BCUT2D eigenvalue weighted by Gasteiger charge is 2.16. The highest BCUT2D eigenvalue weighted by molar-refractivity contribution is 5.76. The van der Waals surface area contributed by atoms with Gasteiger partial charge < -0.3 is 15.1 Å². The second kappa shape index (κ2) is 8.15. The Morgan fingerprint density at radius 1 is 1.14 bits per heavy atom. The first-order chi connectivity index (χ1) is 10.2. The Morgan fingerprint density at radius 3 is 2.38 bits per heavy atom. The lowest BCUT2D eigenvalue weighted by Crippen LogP contribution is -2.47. The van der Waals surface area contributed by atoms with E-state index >= 15 is 0 Å². The van der Waals surface area contributed by atoms with Crippen LogP contribution in [0.15, 0.2) is 30.3 Å². The van der Waals surface area contributed by atoms with Crippen LogP contribution in [0.1, 0.15) is 31.9 Å². The largest absolute Gasteiger partial charge is 0.350 e. The van der Waals surface area contributed by atoms with Crippen molar-refractivity contribution in [1.82, 2.24) is 15.1 Å². The highest BCUT2D eigenvalue weighted by Crippen LogP contribution is 2.11. The molecule has 116 valence electrons. The maximum Gasteiger partial charge on any atom is 0.221 e. The minimum absolute atomic E-state index is 0.0793. The van der Waals surface area contributed by atoms with Gasteiger partial charge in [0.2, 0.25) is 5.91 Å². The zero-order valence-electron chi connectivity index (χ0n) is 13.2. The first-order valence-corrected chi connectivity index (χ1v) is 7.98. The molecule has 21 heavy (non-hydrogen) atoms. The number of rotatable bonds is 6. The molecule has 4 nitrogen and oxygen atoms in total. The van der Waals surface area contributed by atoms with E-state index in [-0.39, 0.29) is 11.9 Å². The molecule has 1 N–H and O–H groups in total. The smallest absolute Gasteiger partial charge is 0.221 e. The third-order valence-electron chi connectivity index (χ3n) is 4.24. The number of nitrogens with zero attached hydrogens (tertiary/aromatic N) is 2. The Bertz CT molecular complexity index is 427. The molecule has 0 bridgehead atoms. The van der Waals surface area contributed by atoms with Crippen molar-refractivity contribution < 1.29 is 4.79 Å². The number of hydrogen-bond acceptors (Lipinski definition) is 3. The van der Waals surface area contributed by atoms with Crippen molar-refractivity contribution >= 4 is 5.91 Å². The van der Waals surface area contributed by atoms with E-state index in [0.29, 0.717) is 6.42 Å². The van der Waals surface area contributed by atoms with Gasteiger partial charge in [-0.1, -0.05) is 37.3 Å². The molecule has 1 saturated heterocycles. The number of benzene rings is 1. The Kier molecular flexibility index (Phi) is 6.21. The van der Waals surface area contributed by atoms with Gasteiger partial charge in [-0.2, -0.15) is 0 Å². The summed E-state index contributed by atoms with van der Waals surface area (Å²) in [6.45, 7) is 10.6. The number of carbonyl (C=O) groups is 1. The van der Waals surface area contributed by atoms with E-state index in [1.807, 2.05) is 25.1 Å². The van der Waals surface area contributed by atoms with Crippen molar-refractivity contribution in [3.63, 3.8) is 0 Å². The van der Waals surface area contributed by atoms with Gasteiger partial charge in [-0.3, -0.25) is 4.79 Å². The highest BCUT2D eigenvalue weighted by atomic mass is 16.1. The molecule has 1 amide bonds. The van der Waals surface area contributed by atoms with E-state index in [0.717, 1.165) is 44.8 Å². The lowest BCUT2D eigenvalue weighted by molar-refractivity contribution is -0.122. The third kappa shape index (κ3) is 5.14. The number of nitrogens with one attached hydrogen (secondary N) is 1. The van der Waals surface area contributed by atoms with Crippen LogP contribution in [0.3, 0.4) is 0 Å². The molecule has 0 aliphatic carbocycles. The zero-order valence-corrected chi connectivity index (χ0v) is 13.2. The van der Waals surface area contributed by atoms with E-state index in [2.05, 4.69) is 34.2 Å². The summed E-state index contributed by atoms with van der Waals surface area (Å²) in [5, 5.41) is 3.08. The van der Waals surface area contributed by atoms with Crippen LogP contribution in [0.4, 0.5) is 0 Å². The van der Waals surface area contributed by atoms with Gasteiger partial charge in [0.15, 0.2) is 0 Å². The van der Waals surface area contributed by atoms with Crippen molar-refractivity contribution in [3.05, 3.63) is 35.9 Å². The first kappa shape index (κ1) is 16.0. The molecular weight excluding hydrogens is 262 g/mol. The molecule has 1 aliphatic heterocycles. The van der Waals surface area contributed by atoms with Crippen molar-refractivity contribution in [2.24, 2.45) is 0 Å². The summed E-state index contributed by atoms with van der Waals surface area (Å²) in [5.74, 6) is 0.143. The Hall–Kier alpha value is -1.39. The topological polar surface area (TPSA) is 35.6 Å². The summed E-state index contributed by atoms with van der Waals surface area (Å²) < 4.78 is 0. The average molecular weight is 289 g/mol. The van der Waals surface area contributed by atoms with E-state index in [1.165, 1.54) is 0 Å². The average Bonchev–Trinajstić information content (AvgIpc) is 2.54. The summed E-state index contributed by atoms with van der Waals surface area (Å²) in [5.41, 5.74) is 1.16. The third-order valence-corrected chi connectivity index (χ3v) is 4.24. The fraction of sp³-hybridized carbons (Fsp3) is 0.588. The maximum atomic E-state index is 12.0. The Balaban J connectivity index is 1.68. The molecule has 0 radical (unpaired) electrons. The lowest BCUT2D eigenvalue weighted by Gasteiger charge is -2.33. The monoisotopic (exact) mass is 289 g/mol. The molecule has 1 heterocycles. The molecule has 1 aromatic carbocycles. The molecule has 4 heteroatoms. The predicted molar refractivity (Wildman–Crippen MR) is 86.2 cm³/mol. The summed E-state index contributed by atoms with van der Waals surface area (Å²) >= 11 is 0. The van der Waals surface area contributed by atoms with Crippen molar-refractivity contribution in [2.45, 2.75) is 26.3 Å². The molecule has 2 rings (SSSR count). The summed E-state index contributed by atoms with van der Waals surface area (Å²) in [6.07, 6.45) is 0.587. The summed E-state index contributed by atoms with van der Waals surface area (Å²) in [7, 11) is 0. The molecule has 0 aromatic heterocycles. The predicted octanol–water partition coefficient (Wildman–Crippen LogP) is 1.89. The molecule has 1 aromatic rings. The molecule has 1 unspecified atom stereocenters. The standard InChI is InChI=1S/C17H27N3O/c1-3-19-11-13-20(14-12-19)10-9-17(21)18-15(2)16-7-5-4-6-8-16/h4-8,15H,3,9-14H2,1-2H3,(H,18,21). The van der Waals surface area contributed by atoms with Crippen molar-refractivity contribution in [1.29, 1.82) is 0 Å². The van der Waals surface area contributed by atoms with Gasteiger partial charge in [-0.05, 0) is 19.0 Å². The van der Waals surface area contributed by atoms with E-state index in [1.54, 1.807) is 0 Å². The molecule has 0 saturated carbocycles. The SMILES string of the molecule is CCN1CCN(CCC(=O)NC(C)c2ccccc2)CC1. The summed E-state index contributed by atoms with van der Waals surface area (Å²) in [4.78, 5) is 16.9.